The monoisotopic (exact) mass is 308 g/mol. The molecule has 3 aromatic rings. The predicted octanol–water partition coefficient (Wildman–Crippen LogP) is 3.11. The summed E-state index contributed by atoms with van der Waals surface area (Å²) in [5.41, 5.74) is 6.59. The second kappa shape index (κ2) is 5.92. The summed E-state index contributed by atoms with van der Waals surface area (Å²) in [7, 11) is 1.95. The predicted molar refractivity (Wildman–Crippen MR) is 89.9 cm³/mol. The Morgan fingerprint density at radius 2 is 1.87 bits per heavy atom. The van der Waals surface area contributed by atoms with E-state index in [1.165, 1.54) is 12.1 Å². The number of fused-ring (bicyclic) bond motifs is 1. The van der Waals surface area contributed by atoms with Crippen molar-refractivity contribution in [3.05, 3.63) is 59.9 Å². The number of carbonyl (C=O) groups is 1. The molecule has 0 aliphatic carbocycles. The first-order chi connectivity index (χ1) is 11.1. The van der Waals surface area contributed by atoms with Gasteiger partial charge in [0.25, 0.3) is 0 Å². The number of aromatic carboxylic acids is 1. The van der Waals surface area contributed by atoms with E-state index in [0.29, 0.717) is 5.69 Å². The van der Waals surface area contributed by atoms with Crippen molar-refractivity contribution in [2.45, 2.75) is 6.92 Å². The second-order valence-corrected chi connectivity index (χ2v) is 5.17. The number of para-hydroxylation sites is 2. The average Bonchev–Trinajstić information content (AvgIpc) is 2.90. The van der Waals surface area contributed by atoms with Crippen LogP contribution in [0, 0.1) is 0 Å². The van der Waals surface area contributed by atoms with Crippen LogP contribution in [0.3, 0.4) is 0 Å². The second-order valence-electron chi connectivity index (χ2n) is 5.17. The fourth-order valence-corrected chi connectivity index (χ4v) is 2.35. The molecule has 1 aromatic heterocycles. The summed E-state index contributed by atoms with van der Waals surface area (Å²) in [6.45, 7) is 1.87. The Labute approximate surface area is 133 Å². The van der Waals surface area contributed by atoms with E-state index < -0.39 is 5.97 Å². The Bertz CT molecular complexity index is 895. The van der Waals surface area contributed by atoms with Crippen molar-refractivity contribution < 1.29 is 9.90 Å². The zero-order valence-electron chi connectivity index (χ0n) is 12.8. The van der Waals surface area contributed by atoms with Crippen molar-refractivity contribution in [3.63, 3.8) is 0 Å². The van der Waals surface area contributed by atoms with Crippen LogP contribution in [0.4, 0.5) is 5.69 Å². The first kappa shape index (κ1) is 14.8. The van der Waals surface area contributed by atoms with Crippen molar-refractivity contribution in [2.24, 2.45) is 12.1 Å². The molecule has 0 saturated heterocycles. The van der Waals surface area contributed by atoms with Crippen LogP contribution in [0.5, 0.6) is 0 Å². The lowest BCUT2D eigenvalue weighted by molar-refractivity contribution is 0.0697. The number of hydrogen-bond acceptors (Lipinski definition) is 4. The number of aromatic nitrogens is 2. The number of carboxylic acid groups (broad SMARTS) is 1. The van der Waals surface area contributed by atoms with E-state index in [9.17, 15) is 4.79 Å². The molecule has 0 aliphatic rings. The zero-order valence-corrected chi connectivity index (χ0v) is 12.8. The molecule has 0 unspecified atom stereocenters. The number of rotatable bonds is 4. The van der Waals surface area contributed by atoms with Gasteiger partial charge in [0, 0.05) is 7.05 Å². The Morgan fingerprint density at radius 3 is 2.52 bits per heavy atom. The van der Waals surface area contributed by atoms with E-state index in [1.54, 1.807) is 12.1 Å². The van der Waals surface area contributed by atoms with Gasteiger partial charge in [0.2, 0.25) is 0 Å². The fourth-order valence-electron chi connectivity index (χ4n) is 2.35. The number of imidazole rings is 1. The van der Waals surface area contributed by atoms with E-state index in [-0.39, 0.29) is 5.56 Å². The molecule has 0 aliphatic heterocycles. The Hall–Kier alpha value is -3.15. The van der Waals surface area contributed by atoms with E-state index >= 15 is 0 Å². The molecule has 2 aromatic carbocycles. The van der Waals surface area contributed by atoms with Gasteiger partial charge in [-0.3, -0.25) is 5.43 Å². The van der Waals surface area contributed by atoms with E-state index in [2.05, 4.69) is 15.5 Å². The lowest BCUT2D eigenvalue weighted by Crippen LogP contribution is -2.07. The fraction of sp³-hybridized carbons (Fsp3) is 0.118. The largest absolute Gasteiger partial charge is 0.478 e. The molecule has 0 fully saturated rings. The number of hydrogen-bond donors (Lipinski definition) is 2. The first-order valence-corrected chi connectivity index (χ1v) is 7.12. The molecule has 6 heteroatoms. The minimum Gasteiger partial charge on any atom is -0.478 e. The highest BCUT2D eigenvalue weighted by Crippen LogP contribution is 2.15. The summed E-state index contributed by atoms with van der Waals surface area (Å²) in [5, 5.41) is 13.2. The lowest BCUT2D eigenvalue weighted by atomic mass is 10.2. The number of anilines is 1. The summed E-state index contributed by atoms with van der Waals surface area (Å²) in [5.74, 6) is -0.170. The van der Waals surface area contributed by atoms with E-state index in [0.717, 1.165) is 22.6 Å². The summed E-state index contributed by atoms with van der Waals surface area (Å²) < 4.78 is 1.99. The van der Waals surface area contributed by atoms with Crippen molar-refractivity contribution in [1.29, 1.82) is 0 Å². The maximum Gasteiger partial charge on any atom is 0.335 e. The Morgan fingerprint density at radius 1 is 1.17 bits per heavy atom. The number of nitrogens with one attached hydrogen (secondary N) is 1. The van der Waals surface area contributed by atoms with Crippen LogP contribution in [0.25, 0.3) is 11.0 Å². The SMILES string of the molecule is CC(=NNc1ccc(C(=O)O)cc1)c1nc2ccccc2n1C. The van der Waals surface area contributed by atoms with Gasteiger partial charge in [-0.2, -0.15) is 5.10 Å². The highest BCUT2D eigenvalue weighted by molar-refractivity contribution is 5.99. The van der Waals surface area contributed by atoms with Crippen molar-refractivity contribution in [3.8, 4) is 0 Å². The van der Waals surface area contributed by atoms with E-state index in [1.807, 2.05) is 42.8 Å². The van der Waals surface area contributed by atoms with Crippen LogP contribution in [0.1, 0.15) is 23.1 Å². The van der Waals surface area contributed by atoms with Gasteiger partial charge >= 0.3 is 5.97 Å². The lowest BCUT2D eigenvalue weighted by Gasteiger charge is -2.04. The van der Waals surface area contributed by atoms with Gasteiger partial charge < -0.3 is 9.67 Å². The van der Waals surface area contributed by atoms with Gasteiger partial charge in [-0.05, 0) is 43.3 Å². The average molecular weight is 308 g/mol. The van der Waals surface area contributed by atoms with Crippen LogP contribution >= 0.6 is 0 Å². The molecular weight excluding hydrogens is 292 g/mol. The molecule has 0 spiro atoms. The standard InChI is InChI=1S/C17H16N4O2/c1-11(16-18-14-5-3-4-6-15(14)21(16)2)19-20-13-9-7-12(8-10-13)17(22)23/h3-10,20H,1-2H3,(H,22,23). The number of aryl methyl sites for hydroxylation is 1. The molecule has 116 valence electrons. The van der Waals surface area contributed by atoms with Crippen LogP contribution < -0.4 is 5.43 Å². The highest BCUT2D eigenvalue weighted by atomic mass is 16.4. The maximum absolute atomic E-state index is 10.8. The third-order valence-electron chi connectivity index (χ3n) is 3.60. The number of hydrazone groups is 1. The van der Waals surface area contributed by atoms with Crippen LogP contribution in [0.2, 0.25) is 0 Å². The van der Waals surface area contributed by atoms with Gasteiger partial charge in [-0.1, -0.05) is 12.1 Å². The van der Waals surface area contributed by atoms with Gasteiger partial charge in [-0.15, -0.1) is 0 Å². The normalized spacial score (nSPS) is 11.7. The van der Waals surface area contributed by atoms with Crippen LogP contribution in [-0.4, -0.2) is 26.3 Å². The molecule has 1 heterocycles. The van der Waals surface area contributed by atoms with Crippen LogP contribution in [-0.2, 0) is 7.05 Å². The molecule has 2 N–H and O–H groups in total. The summed E-state index contributed by atoms with van der Waals surface area (Å²) in [6.07, 6.45) is 0. The number of benzene rings is 2. The quantitative estimate of drug-likeness (QED) is 0.573. The number of nitrogens with zero attached hydrogens (tertiary/aromatic N) is 3. The molecule has 0 atom stereocenters. The Kier molecular flexibility index (Phi) is 3.80. The molecule has 0 saturated carbocycles. The number of carboxylic acids is 1. The summed E-state index contributed by atoms with van der Waals surface area (Å²) in [4.78, 5) is 15.4. The molecule has 0 amide bonds. The van der Waals surface area contributed by atoms with Gasteiger partial charge in [0.05, 0.1) is 22.3 Å². The minimum atomic E-state index is -0.948. The molecule has 0 radical (unpaired) electrons. The molecule has 6 nitrogen and oxygen atoms in total. The molecular formula is C17H16N4O2. The Balaban J connectivity index is 1.84. The van der Waals surface area contributed by atoms with Gasteiger partial charge in [-0.25, -0.2) is 9.78 Å². The van der Waals surface area contributed by atoms with E-state index in [4.69, 9.17) is 5.11 Å². The van der Waals surface area contributed by atoms with Gasteiger partial charge in [0.15, 0.2) is 5.82 Å². The van der Waals surface area contributed by atoms with Crippen LogP contribution in [0.15, 0.2) is 53.6 Å². The summed E-state index contributed by atoms with van der Waals surface area (Å²) in [6, 6.07) is 14.3. The van der Waals surface area contributed by atoms with Gasteiger partial charge in [0.1, 0.15) is 5.71 Å². The molecule has 23 heavy (non-hydrogen) atoms. The topological polar surface area (TPSA) is 79.5 Å². The van der Waals surface area contributed by atoms with Crippen molar-refractivity contribution in [2.75, 3.05) is 5.43 Å². The molecule has 3 rings (SSSR count). The van der Waals surface area contributed by atoms with Crippen molar-refractivity contribution in [1.82, 2.24) is 9.55 Å². The zero-order chi connectivity index (χ0) is 16.4. The maximum atomic E-state index is 10.8. The highest BCUT2D eigenvalue weighted by Gasteiger charge is 2.09. The summed E-state index contributed by atoms with van der Waals surface area (Å²) >= 11 is 0. The third kappa shape index (κ3) is 2.91. The first-order valence-electron chi connectivity index (χ1n) is 7.12. The minimum absolute atomic E-state index is 0.242. The van der Waals surface area contributed by atoms with Crippen molar-refractivity contribution >= 4 is 28.4 Å². The third-order valence-corrected chi connectivity index (χ3v) is 3.60. The smallest absolute Gasteiger partial charge is 0.335 e. The molecule has 0 bridgehead atoms.